The van der Waals surface area contributed by atoms with Gasteiger partial charge in [0.25, 0.3) is 0 Å². The van der Waals surface area contributed by atoms with Crippen molar-refractivity contribution in [3.63, 3.8) is 0 Å². The fraction of sp³-hybridized carbons (Fsp3) is 0.0500. The van der Waals surface area contributed by atoms with Gasteiger partial charge in [0.2, 0.25) is 5.91 Å². The monoisotopic (exact) mass is 360 g/mol. The number of thiophene rings is 1. The third-order valence-corrected chi connectivity index (χ3v) is 4.82. The lowest BCUT2D eigenvalue weighted by Gasteiger charge is -2.08. The maximum atomic E-state index is 11.1. The van der Waals surface area contributed by atoms with Gasteiger partial charge in [-0.25, -0.2) is 9.97 Å². The van der Waals surface area contributed by atoms with E-state index in [-0.39, 0.29) is 5.91 Å². The van der Waals surface area contributed by atoms with Crippen molar-refractivity contribution in [2.45, 2.75) is 6.92 Å². The first-order valence-corrected chi connectivity index (χ1v) is 9.01. The molecule has 0 atom stereocenters. The number of benzene rings is 2. The smallest absolute Gasteiger partial charge is 0.221 e. The fourth-order valence-corrected chi connectivity index (χ4v) is 3.64. The molecule has 0 aliphatic rings. The molecule has 2 N–H and O–H groups in total. The van der Waals surface area contributed by atoms with E-state index in [0.717, 1.165) is 28.1 Å². The number of nitrogens with one attached hydrogen (secondary N) is 2. The predicted octanol–water partition coefficient (Wildman–Crippen LogP) is 5.06. The lowest BCUT2D eigenvalue weighted by Crippen LogP contribution is -2.05. The Balaban J connectivity index is 1.59. The summed E-state index contributed by atoms with van der Waals surface area (Å²) in [6.45, 7) is 1.49. The fourth-order valence-electron chi connectivity index (χ4n) is 2.70. The van der Waals surface area contributed by atoms with Crippen LogP contribution in [0.1, 0.15) is 6.92 Å². The van der Waals surface area contributed by atoms with Crippen LogP contribution in [0.5, 0.6) is 0 Å². The lowest BCUT2D eigenvalue weighted by atomic mass is 10.1. The van der Waals surface area contributed by atoms with E-state index >= 15 is 0 Å². The van der Waals surface area contributed by atoms with Crippen LogP contribution in [0.4, 0.5) is 17.2 Å². The van der Waals surface area contributed by atoms with Crippen molar-refractivity contribution in [1.29, 1.82) is 0 Å². The number of hydrogen-bond acceptors (Lipinski definition) is 5. The van der Waals surface area contributed by atoms with Gasteiger partial charge >= 0.3 is 0 Å². The highest BCUT2D eigenvalue weighted by Gasteiger charge is 2.09. The molecule has 0 bridgehead atoms. The molecule has 0 radical (unpaired) electrons. The maximum Gasteiger partial charge on any atom is 0.221 e. The van der Waals surface area contributed by atoms with Crippen LogP contribution in [-0.4, -0.2) is 15.9 Å². The second-order valence-corrected chi connectivity index (χ2v) is 6.71. The Morgan fingerprint density at radius 3 is 2.58 bits per heavy atom. The molecule has 0 saturated carbocycles. The summed E-state index contributed by atoms with van der Waals surface area (Å²) < 4.78 is 1.22. The molecule has 0 unspecified atom stereocenters. The van der Waals surface area contributed by atoms with Crippen LogP contribution < -0.4 is 10.6 Å². The van der Waals surface area contributed by atoms with Crippen LogP contribution in [0, 0.1) is 0 Å². The molecule has 0 aliphatic heterocycles. The maximum absolute atomic E-state index is 11.1. The van der Waals surface area contributed by atoms with Crippen LogP contribution in [0.15, 0.2) is 66.2 Å². The number of aromatic nitrogens is 2. The molecule has 4 aromatic rings. The van der Waals surface area contributed by atoms with Gasteiger partial charge in [0.15, 0.2) is 5.82 Å². The zero-order valence-electron chi connectivity index (χ0n) is 14.1. The first-order valence-electron chi connectivity index (χ1n) is 8.13. The summed E-state index contributed by atoms with van der Waals surface area (Å²) >= 11 is 1.69. The summed E-state index contributed by atoms with van der Waals surface area (Å²) in [6, 6.07) is 17.6. The van der Waals surface area contributed by atoms with Crippen LogP contribution in [0.3, 0.4) is 0 Å². The highest BCUT2D eigenvalue weighted by molar-refractivity contribution is 7.17. The molecular weight excluding hydrogens is 344 g/mol. The Morgan fingerprint density at radius 1 is 1.00 bits per heavy atom. The minimum Gasteiger partial charge on any atom is -0.340 e. The molecule has 6 heteroatoms. The van der Waals surface area contributed by atoms with E-state index in [1.165, 1.54) is 11.6 Å². The average Bonchev–Trinajstić information content (AvgIpc) is 3.07. The van der Waals surface area contributed by atoms with Crippen molar-refractivity contribution in [3.05, 3.63) is 66.2 Å². The van der Waals surface area contributed by atoms with Gasteiger partial charge in [0, 0.05) is 45.5 Å². The van der Waals surface area contributed by atoms with Gasteiger partial charge in [0.05, 0.1) is 0 Å². The minimum absolute atomic E-state index is 0.0888. The molecule has 2 aromatic heterocycles. The summed E-state index contributed by atoms with van der Waals surface area (Å²) in [5, 5.41) is 9.27. The number of nitrogens with zero attached hydrogens (tertiary/aromatic N) is 2. The zero-order valence-corrected chi connectivity index (χ0v) is 14.9. The predicted molar refractivity (Wildman–Crippen MR) is 107 cm³/mol. The SMILES string of the molecule is CC(=O)Nc1ccc(Nc2ccnc(-c3csc4ccccc34)n2)cc1. The van der Waals surface area contributed by atoms with Gasteiger partial charge in [-0.05, 0) is 36.4 Å². The van der Waals surface area contributed by atoms with E-state index in [2.05, 4.69) is 38.1 Å². The van der Waals surface area contributed by atoms with Gasteiger partial charge < -0.3 is 10.6 Å². The Kier molecular flexibility index (Phi) is 4.33. The number of rotatable bonds is 4. The van der Waals surface area contributed by atoms with E-state index in [4.69, 9.17) is 0 Å². The van der Waals surface area contributed by atoms with Crippen LogP contribution >= 0.6 is 11.3 Å². The Bertz CT molecular complexity index is 1070. The molecule has 0 saturated heterocycles. The normalized spacial score (nSPS) is 10.7. The number of carbonyl (C=O) groups excluding carboxylic acids is 1. The Morgan fingerprint density at radius 2 is 1.77 bits per heavy atom. The quantitative estimate of drug-likeness (QED) is 0.534. The van der Waals surface area contributed by atoms with E-state index in [0.29, 0.717) is 5.82 Å². The summed E-state index contributed by atoms with van der Waals surface area (Å²) in [4.78, 5) is 20.2. The molecule has 5 nitrogen and oxygen atoms in total. The third-order valence-electron chi connectivity index (χ3n) is 3.86. The number of fused-ring (bicyclic) bond motifs is 1. The number of hydrogen-bond donors (Lipinski definition) is 2. The summed E-state index contributed by atoms with van der Waals surface area (Å²) in [7, 11) is 0. The van der Waals surface area contributed by atoms with Gasteiger partial charge in [-0.3, -0.25) is 4.79 Å². The van der Waals surface area contributed by atoms with Gasteiger partial charge in [-0.1, -0.05) is 18.2 Å². The molecule has 2 aromatic carbocycles. The summed E-state index contributed by atoms with van der Waals surface area (Å²) in [5.74, 6) is 1.33. The van der Waals surface area contributed by atoms with Crippen molar-refractivity contribution in [1.82, 2.24) is 9.97 Å². The van der Waals surface area contributed by atoms with E-state index in [1.54, 1.807) is 17.5 Å². The molecular formula is C20H16N4OS. The standard InChI is InChI=1S/C20H16N4OS/c1-13(25)22-14-6-8-15(9-7-14)23-19-10-11-21-20(24-19)17-12-26-18-5-3-2-4-16(17)18/h2-12H,1H3,(H,22,25)(H,21,23,24). The van der Waals surface area contributed by atoms with Crippen molar-refractivity contribution in [2.24, 2.45) is 0 Å². The molecule has 0 aliphatic carbocycles. The molecule has 2 heterocycles. The van der Waals surface area contributed by atoms with Crippen LogP contribution in [0.2, 0.25) is 0 Å². The topological polar surface area (TPSA) is 66.9 Å². The van der Waals surface area contributed by atoms with Crippen molar-refractivity contribution < 1.29 is 4.79 Å². The van der Waals surface area contributed by atoms with Crippen molar-refractivity contribution in [3.8, 4) is 11.4 Å². The average molecular weight is 360 g/mol. The van der Waals surface area contributed by atoms with E-state index < -0.39 is 0 Å². The van der Waals surface area contributed by atoms with E-state index in [1.807, 2.05) is 42.5 Å². The first-order chi connectivity index (χ1) is 12.7. The zero-order chi connectivity index (χ0) is 17.9. The summed E-state index contributed by atoms with van der Waals surface area (Å²) in [5.41, 5.74) is 2.69. The Hall–Kier alpha value is -3.25. The number of carbonyl (C=O) groups is 1. The highest BCUT2D eigenvalue weighted by Crippen LogP contribution is 2.32. The second kappa shape index (κ2) is 6.93. The van der Waals surface area contributed by atoms with E-state index in [9.17, 15) is 4.79 Å². The molecule has 4 rings (SSSR count). The molecule has 0 fully saturated rings. The van der Waals surface area contributed by atoms with Gasteiger partial charge in [-0.2, -0.15) is 0 Å². The highest BCUT2D eigenvalue weighted by atomic mass is 32.1. The second-order valence-electron chi connectivity index (χ2n) is 5.79. The van der Waals surface area contributed by atoms with Crippen molar-refractivity contribution >= 4 is 44.5 Å². The van der Waals surface area contributed by atoms with Crippen LogP contribution in [-0.2, 0) is 4.79 Å². The lowest BCUT2D eigenvalue weighted by molar-refractivity contribution is -0.114. The molecule has 26 heavy (non-hydrogen) atoms. The molecule has 0 spiro atoms. The number of anilines is 3. The first kappa shape index (κ1) is 16.2. The van der Waals surface area contributed by atoms with Crippen LogP contribution in [0.25, 0.3) is 21.5 Å². The largest absolute Gasteiger partial charge is 0.340 e. The minimum atomic E-state index is -0.0888. The van der Waals surface area contributed by atoms with Gasteiger partial charge in [0.1, 0.15) is 5.82 Å². The number of amides is 1. The molecule has 1 amide bonds. The molecule has 128 valence electrons. The Labute approximate surface area is 154 Å². The van der Waals surface area contributed by atoms with Crippen molar-refractivity contribution in [2.75, 3.05) is 10.6 Å². The summed E-state index contributed by atoms with van der Waals surface area (Å²) in [6.07, 6.45) is 1.75. The third kappa shape index (κ3) is 3.41. The van der Waals surface area contributed by atoms with Gasteiger partial charge in [-0.15, -0.1) is 11.3 Å².